The molecule has 0 aliphatic heterocycles. The third-order valence-corrected chi connectivity index (χ3v) is 5.70. The molecule has 2 aromatic rings. The van der Waals surface area contributed by atoms with Gasteiger partial charge in [-0.3, -0.25) is 4.99 Å². The molecule has 0 fully saturated rings. The van der Waals surface area contributed by atoms with Crippen LogP contribution in [0.25, 0.3) is 0 Å². The van der Waals surface area contributed by atoms with E-state index in [0.717, 1.165) is 34.0 Å². The Labute approximate surface area is 139 Å². The molecule has 0 amide bonds. The lowest BCUT2D eigenvalue weighted by molar-refractivity contribution is 0.462. The number of rotatable bonds is 5. The fourth-order valence-corrected chi connectivity index (χ4v) is 4.19. The molecule has 0 aliphatic carbocycles. The number of hydrogen-bond donors (Lipinski definition) is 1. The molecule has 2 atom stereocenters. The Hall–Kier alpha value is -1.73. The largest absolute Gasteiger partial charge is 0.507 e. The third-order valence-electron chi connectivity index (χ3n) is 3.87. The van der Waals surface area contributed by atoms with E-state index in [9.17, 15) is 9.50 Å². The van der Waals surface area contributed by atoms with Crippen molar-refractivity contribution in [2.24, 2.45) is 4.99 Å². The summed E-state index contributed by atoms with van der Waals surface area (Å²) in [5.41, 5.74) is 4.05. The highest BCUT2D eigenvalue weighted by Crippen LogP contribution is 2.42. The van der Waals surface area contributed by atoms with Crippen LogP contribution < -0.4 is 5.30 Å². The number of hydrogen-bond acceptors (Lipinski definition) is 2. The Morgan fingerprint density at radius 2 is 2.00 bits per heavy atom. The van der Waals surface area contributed by atoms with Crippen LogP contribution in [-0.4, -0.2) is 18.4 Å². The summed E-state index contributed by atoms with van der Waals surface area (Å²) in [6, 6.07) is 8.88. The minimum Gasteiger partial charge on any atom is -0.507 e. The van der Waals surface area contributed by atoms with Gasteiger partial charge in [0.2, 0.25) is 0 Å². The zero-order valence-electron chi connectivity index (χ0n) is 14.0. The topological polar surface area (TPSA) is 32.6 Å². The minimum absolute atomic E-state index is 0.211. The number of aryl methyl sites for hydroxylation is 2. The van der Waals surface area contributed by atoms with Gasteiger partial charge in [-0.1, -0.05) is 39.3 Å². The van der Waals surface area contributed by atoms with Gasteiger partial charge in [-0.05, 0) is 43.3 Å². The van der Waals surface area contributed by atoms with E-state index in [-0.39, 0.29) is 11.5 Å². The van der Waals surface area contributed by atoms with Gasteiger partial charge in [-0.15, -0.1) is 0 Å². The van der Waals surface area contributed by atoms with Crippen LogP contribution in [0.3, 0.4) is 0 Å². The molecular weight excluding hydrogens is 308 g/mol. The van der Waals surface area contributed by atoms with Crippen LogP contribution in [0.15, 0.2) is 35.3 Å². The van der Waals surface area contributed by atoms with Crippen LogP contribution in [-0.2, 0) is 0 Å². The second-order valence-corrected chi connectivity index (χ2v) is 7.27. The number of halogens is 1. The van der Waals surface area contributed by atoms with Crippen molar-refractivity contribution in [2.45, 2.75) is 32.9 Å². The van der Waals surface area contributed by atoms with E-state index in [1.807, 2.05) is 26.0 Å². The molecule has 23 heavy (non-hydrogen) atoms. The van der Waals surface area contributed by atoms with Crippen molar-refractivity contribution in [3.63, 3.8) is 0 Å². The molecule has 0 aromatic heterocycles. The highest BCUT2D eigenvalue weighted by Gasteiger charge is 2.17. The van der Waals surface area contributed by atoms with Crippen LogP contribution in [0, 0.1) is 19.7 Å². The summed E-state index contributed by atoms with van der Waals surface area (Å²) in [6.45, 7) is 6.08. The highest BCUT2D eigenvalue weighted by molar-refractivity contribution is 7.47. The van der Waals surface area contributed by atoms with Crippen molar-refractivity contribution in [1.82, 2.24) is 0 Å². The lowest BCUT2D eigenvalue weighted by atomic mass is 10.0. The Morgan fingerprint density at radius 1 is 1.26 bits per heavy atom. The second kappa shape index (κ2) is 7.70. The molecule has 4 heteroatoms. The van der Waals surface area contributed by atoms with Crippen LogP contribution in [0.2, 0.25) is 0 Å². The SMILES string of the molecule is CCC(Pc1ccc(F)cc1/C=N/C)c1cc(C)cc(C)c1O. The van der Waals surface area contributed by atoms with Crippen LogP contribution in [0.1, 0.15) is 41.3 Å². The molecule has 0 bridgehead atoms. The molecule has 2 aromatic carbocycles. The first-order valence-electron chi connectivity index (χ1n) is 7.74. The number of aliphatic imine (C=N–C) groups is 1. The van der Waals surface area contributed by atoms with E-state index in [2.05, 4.69) is 18.0 Å². The summed E-state index contributed by atoms with van der Waals surface area (Å²) in [4.78, 5) is 4.02. The van der Waals surface area contributed by atoms with Gasteiger partial charge in [0, 0.05) is 30.0 Å². The summed E-state index contributed by atoms with van der Waals surface area (Å²) in [5, 5.41) is 11.5. The van der Waals surface area contributed by atoms with E-state index in [1.54, 1.807) is 13.3 Å². The van der Waals surface area contributed by atoms with Crippen molar-refractivity contribution in [3.8, 4) is 5.75 Å². The maximum Gasteiger partial charge on any atom is 0.123 e. The Bertz CT molecular complexity index is 728. The molecule has 2 nitrogen and oxygen atoms in total. The van der Waals surface area contributed by atoms with E-state index in [0.29, 0.717) is 14.3 Å². The summed E-state index contributed by atoms with van der Waals surface area (Å²) >= 11 is 0. The first-order chi connectivity index (χ1) is 11.0. The molecule has 0 aliphatic rings. The molecule has 1 N–H and O–H groups in total. The zero-order valence-corrected chi connectivity index (χ0v) is 15.0. The summed E-state index contributed by atoms with van der Waals surface area (Å²) in [5.74, 6) is 0.124. The van der Waals surface area contributed by atoms with E-state index < -0.39 is 0 Å². The van der Waals surface area contributed by atoms with Crippen molar-refractivity contribution >= 4 is 20.1 Å². The fourth-order valence-electron chi connectivity index (χ4n) is 2.76. The number of phenols is 1. The predicted octanol–water partition coefficient (Wildman–Crippen LogP) is 4.65. The number of phenolic OH excluding ortho intramolecular Hbond substituents is 1. The third kappa shape index (κ3) is 4.17. The monoisotopic (exact) mass is 331 g/mol. The predicted molar refractivity (Wildman–Crippen MR) is 98.5 cm³/mol. The van der Waals surface area contributed by atoms with Gasteiger partial charge in [-0.2, -0.15) is 0 Å². The van der Waals surface area contributed by atoms with Crippen LogP contribution in [0.5, 0.6) is 5.75 Å². The van der Waals surface area contributed by atoms with E-state index in [1.165, 1.54) is 12.1 Å². The van der Waals surface area contributed by atoms with Crippen molar-refractivity contribution in [2.75, 3.05) is 7.05 Å². The molecule has 0 saturated carbocycles. The highest BCUT2D eigenvalue weighted by atomic mass is 31.1. The average Bonchev–Trinajstić information content (AvgIpc) is 2.51. The number of aromatic hydroxyl groups is 1. The van der Waals surface area contributed by atoms with Crippen molar-refractivity contribution in [1.29, 1.82) is 0 Å². The van der Waals surface area contributed by atoms with Gasteiger partial charge in [0.05, 0.1) is 0 Å². The van der Waals surface area contributed by atoms with Gasteiger partial charge >= 0.3 is 0 Å². The lowest BCUT2D eigenvalue weighted by Crippen LogP contribution is -2.08. The average molecular weight is 331 g/mol. The molecule has 0 saturated heterocycles. The maximum absolute atomic E-state index is 13.5. The van der Waals surface area contributed by atoms with Crippen LogP contribution >= 0.6 is 8.58 Å². The first kappa shape index (κ1) is 17.6. The minimum atomic E-state index is -0.254. The molecule has 0 heterocycles. The molecule has 0 radical (unpaired) electrons. The van der Waals surface area contributed by atoms with E-state index >= 15 is 0 Å². The van der Waals surface area contributed by atoms with Crippen LogP contribution in [0.4, 0.5) is 4.39 Å². The van der Waals surface area contributed by atoms with Gasteiger partial charge in [0.1, 0.15) is 11.6 Å². The Kier molecular flexibility index (Phi) is 5.90. The normalized spacial score (nSPS) is 13.3. The number of nitrogens with zero attached hydrogens (tertiary/aromatic N) is 1. The van der Waals surface area contributed by atoms with Gasteiger partial charge in [0.15, 0.2) is 0 Å². The molecule has 0 spiro atoms. The second-order valence-electron chi connectivity index (χ2n) is 5.74. The standard InChI is InChI=1S/C19H23FNOP/c1-5-17(16-9-12(2)8-13(3)19(16)22)23-18-7-6-15(20)10-14(18)11-21-4/h6-11,17,22-23H,5H2,1-4H3/b21-11+. The van der Waals surface area contributed by atoms with E-state index in [4.69, 9.17) is 0 Å². The van der Waals surface area contributed by atoms with Crippen molar-refractivity contribution < 1.29 is 9.50 Å². The Morgan fingerprint density at radius 3 is 2.65 bits per heavy atom. The maximum atomic E-state index is 13.5. The summed E-state index contributed by atoms with van der Waals surface area (Å²) in [7, 11) is 2.13. The summed E-state index contributed by atoms with van der Waals surface area (Å²) in [6.07, 6.45) is 2.61. The van der Waals surface area contributed by atoms with Gasteiger partial charge in [0.25, 0.3) is 0 Å². The fraction of sp³-hybridized carbons (Fsp3) is 0.316. The molecule has 2 rings (SSSR count). The van der Waals surface area contributed by atoms with Gasteiger partial charge in [-0.25, -0.2) is 4.39 Å². The van der Waals surface area contributed by atoms with Crippen molar-refractivity contribution in [3.05, 3.63) is 58.4 Å². The van der Waals surface area contributed by atoms with Gasteiger partial charge < -0.3 is 5.11 Å². The smallest absolute Gasteiger partial charge is 0.123 e. The Balaban J connectivity index is 2.41. The quantitative estimate of drug-likeness (QED) is 0.628. The molecule has 2 unspecified atom stereocenters. The molecular formula is C19H23FNOP. The summed E-state index contributed by atoms with van der Waals surface area (Å²) < 4.78 is 13.5. The first-order valence-corrected chi connectivity index (χ1v) is 8.82. The lowest BCUT2D eigenvalue weighted by Gasteiger charge is -2.20. The molecule has 122 valence electrons. The zero-order chi connectivity index (χ0) is 17.0. The number of benzene rings is 2.